The Morgan fingerprint density at radius 1 is 0.342 bits per heavy atom. The van der Waals surface area contributed by atoms with Crippen molar-refractivity contribution in [1.82, 2.24) is 0 Å². The van der Waals surface area contributed by atoms with Crippen LogP contribution >= 0.6 is 0 Å². The van der Waals surface area contributed by atoms with Crippen molar-refractivity contribution in [2.24, 2.45) is 0 Å². The third-order valence-corrected chi connectivity index (χ3v) is 8.86. The predicted molar refractivity (Wildman–Crippen MR) is 161 cm³/mol. The highest BCUT2D eigenvalue weighted by molar-refractivity contribution is 6.31. The second-order valence-electron chi connectivity index (χ2n) is 10.9. The molecule has 0 amide bonds. The SMILES string of the molecule is c1ccc(-c2ccc(-c3cccc(-c4cc5c6c7c(cccc7c7cccc8c7c6c4C8)C5)c3)cc2)cc1. The van der Waals surface area contributed by atoms with Crippen molar-refractivity contribution >= 4 is 32.3 Å². The van der Waals surface area contributed by atoms with Crippen molar-refractivity contribution in [3.63, 3.8) is 0 Å². The van der Waals surface area contributed by atoms with Gasteiger partial charge in [0.2, 0.25) is 0 Å². The van der Waals surface area contributed by atoms with Gasteiger partial charge in [0.05, 0.1) is 0 Å². The number of benzene rings is 7. The van der Waals surface area contributed by atoms with Crippen LogP contribution in [-0.4, -0.2) is 0 Å². The van der Waals surface area contributed by atoms with Gasteiger partial charge in [-0.3, -0.25) is 0 Å². The first-order valence-corrected chi connectivity index (χ1v) is 13.5. The minimum atomic E-state index is 1.01. The molecule has 38 heavy (non-hydrogen) atoms. The fourth-order valence-corrected chi connectivity index (χ4v) is 7.20. The molecule has 0 saturated carbocycles. The Labute approximate surface area is 221 Å². The Morgan fingerprint density at radius 3 is 1.68 bits per heavy atom. The average molecular weight is 481 g/mol. The van der Waals surface area contributed by atoms with Gasteiger partial charge in [-0.1, -0.05) is 109 Å². The number of rotatable bonds is 3. The van der Waals surface area contributed by atoms with Crippen LogP contribution in [0.15, 0.2) is 121 Å². The van der Waals surface area contributed by atoms with E-state index in [4.69, 9.17) is 0 Å². The van der Waals surface area contributed by atoms with Crippen LogP contribution < -0.4 is 0 Å². The minimum absolute atomic E-state index is 1.01. The molecule has 0 bridgehead atoms. The summed E-state index contributed by atoms with van der Waals surface area (Å²) in [4.78, 5) is 0. The largest absolute Gasteiger partial charge is 0.0622 e. The summed E-state index contributed by atoms with van der Waals surface area (Å²) in [5, 5.41) is 8.84. The monoisotopic (exact) mass is 480 g/mol. The molecule has 7 aromatic rings. The lowest BCUT2D eigenvalue weighted by Gasteiger charge is -2.14. The third-order valence-electron chi connectivity index (χ3n) is 8.86. The highest BCUT2D eigenvalue weighted by atomic mass is 14.3. The highest BCUT2D eigenvalue weighted by Gasteiger charge is 2.28. The molecule has 0 heteroatoms. The summed E-state index contributed by atoms with van der Waals surface area (Å²) in [7, 11) is 0. The van der Waals surface area contributed by atoms with Crippen LogP contribution in [0.3, 0.4) is 0 Å². The first-order chi connectivity index (χ1) is 18.8. The first kappa shape index (κ1) is 20.4. The van der Waals surface area contributed by atoms with Crippen LogP contribution in [0.2, 0.25) is 0 Å². The topological polar surface area (TPSA) is 0 Å². The van der Waals surface area contributed by atoms with Gasteiger partial charge in [-0.05, 0) is 113 Å². The molecule has 0 saturated heterocycles. The van der Waals surface area contributed by atoms with Gasteiger partial charge in [-0.25, -0.2) is 0 Å². The molecular formula is C38H24. The van der Waals surface area contributed by atoms with E-state index < -0.39 is 0 Å². The van der Waals surface area contributed by atoms with Gasteiger partial charge in [0.25, 0.3) is 0 Å². The molecule has 9 rings (SSSR count). The molecule has 2 aliphatic rings. The van der Waals surface area contributed by atoms with Gasteiger partial charge >= 0.3 is 0 Å². The molecule has 7 aromatic carbocycles. The summed E-state index contributed by atoms with van der Waals surface area (Å²) in [5.74, 6) is 0. The van der Waals surface area contributed by atoms with E-state index in [0.717, 1.165) is 12.8 Å². The molecule has 0 aromatic heterocycles. The Hall–Kier alpha value is -4.68. The molecule has 0 unspecified atom stereocenters. The number of fused-ring (bicyclic) bond motifs is 1. The highest BCUT2D eigenvalue weighted by Crippen LogP contribution is 2.51. The molecule has 0 nitrogen and oxygen atoms in total. The quantitative estimate of drug-likeness (QED) is 0.221. The molecular weight excluding hydrogens is 456 g/mol. The first-order valence-electron chi connectivity index (χ1n) is 13.5. The Kier molecular flexibility index (Phi) is 3.99. The maximum absolute atomic E-state index is 2.51. The van der Waals surface area contributed by atoms with Crippen LogP contribution in [0, 0.1) is 0 Å². The fourth-order valence-electron chi connectivity index (χ4n) is 7.20. The summed E-state index contributed by atoms with van der Waals surface area (Å²) in [5.41, 5.74) is 13.7. The molecule has 176 valence electrons. The summed E-state index contributed by atoms with van der Waals surface area (Å²) in [6.45, 7) is 0. The van der Waals surface area contributed by atoms with Gasteiger partial charge in [0.1, 0.15) is 0 Å². The van der Waals surface area contributed by atoms with Gasteiger partial charge in [0, 0.05) is 0 Å². The molecule has 0 atom stereocenters. The van der Waals surface area contributed by atoms with Gasteiger partial charge in [-0.15, -0.1) is 0 Å². The lowest BCUT2D eigenvalue weighted by molar-refractivity contribution is 1.24. The van der Waals surface area contributed by atoms with Crippen molar-refractivity contribution in [3.05, 3.63) is 144 Å². The summed E-state index contributed by atoms with van der Waals surface area (Å²) >= 11 is 0. The second-order valence-corrected chi connectivity index (χ2v) is 10.9. The number of hydrogen-bond donors (Lipinski definition) is 0. The zero-order valence-electron chi connectivity index (χ0n) is 21.0. The van der Waals surface area contributed by atoms with Crippen molar-refractivity contribution in [1.29, 1.82) is 0 Å². The van der Waals surface area contributed by atoms with Crippen molar-refractivity contribution in [3.8, 4) is 33.4 Å². The zero-order valence-corrected chi connectivity index (χ0v) is 21.0. The summed E-state index contributed by atoms with van der Waals surface area (Å²) < 4.78 is 0. The van der Waals surface area contributed by atoms with Crippen molar-refractivity contribution in [2.45, 2.75) is 12.8 Å². The van der Waals surface area contributed by atoms with E-state index in [0.29, 0.717) is 0 Å². The Morgan fingerprint density at radius 2 is 0.921 bits per heavy atom. The third kappa shape index (κ3) is 2.70. The van der Waals surface area contributed by atoms with Crippen molar-refractivity contribution in [2.75, 3.05) is 0 Å². The maximum atomic E-state index is 2.51. The van der Waals surface area contributed by atoms with Crippen LogP contribution in [-0.2, 0) is 12.8 Å². The van der Waals surface area contributed by atoms with E-state index >= 15 is 0 Å². The lowest BCUT2D eigenvalue weighted by atomic mass is 9.89. The van der Waals surface area contributed by atoms with E-state index in [9.17, 15) is 0 Å². The molecule has 0 heterocycles. The lowest BCUT2D eigenvalue weighted by Crippen LogP contribution is -1.92. The second kappa shape index (κ2) is 7.43. The van der Waals surface area contributed by atoms with E-state index in [1.165, 1.54) is 88.0 Å². The van der Waals surface area contributed by atoms with Gasteiger partial charge < -0.3 is 0 Å². The average Bonchev–Trinajstić information content (AvgIpc) is 3.56. The molecule has 2 aliphatic carbocycles. The zero-order chi connectivity index (χ0) is 24.8. The molecule has 0 spiro atoms. The van der Waals surface area contributed by atoms with Crippen LogP contribution in [0.4, 0.5) is 0 Å². The van der Waals surface area contributed by atoms with Gasteiger partial charge in [0.15, 0.2) is 0 Å². The molecule has 0 fully saturated rings. The Balaban J connectivity index is 1.23. The standard InChI is InChI=1S/C38H24/c1-2-7-23(8-3-1)24-15-17-25(18-16-24)26-9-4-10-27(19-26)33-22-30-20-28-11-5-13-31-32-14-6-12-29-21-34(33)38(36(29)32)37(30)35(28)31/h1-19,22H,20-21H2. The van der Waals surface area contributed by atoms with Crippen LogP contribution in [0.25, 0.3) is 65.7 Å². The number of hydrogen-bond acceptors (Lipinski definition) is 0. The summed E-state index contributed by atoms with van der Waals surface area (Å²) in [6, 6.07) is 45.1. The minimum Gasteiger partial charge on any atom is -0.0622 e. The van der Waals surface area contributed by atoms with Crippen LogP contribution in [0.5, 0.6) is 0 Å². The molecule has 0 N–H and O–H groups in total. The van der Waals surface area contributed by atoms with E-state index in [1.54, 1.807) is 0 Å². The summed E-state index contributed by atoms with van der Waals surface area (Å²) in [6.07, 6.45) is 2.04. The molecule has 0 aliphatic heterocycles. The molecule has 0 radical (unpaired) electrons. The van der Waals surface area contributed by atoms with Crippen molar-refractivity contribution < 1.29 is 0 Å². The van der Waals surface area contributed by atoms with E-state index in [2.05, 4.69) is 121 Å². The predicted octanol–water partition coefficient (Wildman–Crippen LogP) is 9.96. The van der Waals surface area contributed by atoms with Gasteiger partial charge in [-0.2, -0.15) is 0 Å². The fraction of sp³-hybridized carbons (Fsp3) is 0.0526. The van der Waals surface area contributed by atoms with E-state index in [1.807, 2.05) is 0 Å². The Bertz CT molecular complexity index is 2090. The normalized spacial score (nSPS) is 13.1. The maximum Gasteiger partial charge on any atom is -0.000683 e. The smallest absolute Gasteiger partial charge is 0.000683 e. The van der Waals surface area contributed by atoms with E-state index in [-0.39, 0.29) is 0 Å². The van der Waals surface area contributed by atoms with Crippen LogP contribution in [0.1, 0.15) is 22.3 Å².